The number of benzene rings is 2. The van der Waals surface area contributed by atoms with E-state index >= 15 is 0 Å². The van der Waals surface area contributed by atoms with Crippen LogP contribution in [0.15, 0.2) is 53.4 Å². The molecule has 0 spiro atoms. The largest absolute Gasteiger partial charge is 0.326 e. The Labute approximate surface area is 134 Å². The Kier molecular flexibility index (Phi) is 5.61. The average molecular weight is 314 g/mol. The molecule has 2 rings (SSSR count). The third kappa shape index (κ3) is 4.93. The van der Waals surface area contributed by atoms with E-state index in [2.05, 4.69) is 10.6 Å². The molecule has 2 aromatic rings. The molecule has 5 heteroatoms. The molecule has 2 amide bonds. The van der Waals surface area contributed by atoms with Crippen LogP contribution in [-0.4, -0.2) is 17.6 Å². The van der Waals surface area contributed by atoms with E-state index in [0.717, 1.165) is 4.90 Å². The Hall–Kier alpha value is -2.27. The minimum absolute atomic E-state index is 0.0551. The van der Waals surface area contributed by atoms with E-state index in [1.165, 1.54) is 24.2 Å². The standard InChI is InChI=1S/C17H18N2O2S/c1-12-5-3-4-6-16(12)22-11-17(21)19-15-9-7-14(8-10-15)18-13(2)20/h3-10H,11H2,1-2H3,(H,18,20)(H,19,21). The number of nitrogens with one attached hydrogen (secondary N) is 2. The zero-order valence-corrected chi connectivity index (χ0v) is 13.4. The summed E-state index contributed by atoms with van der Waals surface area (Å²) in [7, 11) is 0. The highest BCUT2D eigenvalue weighted by Crippen LogP contribution is 2.22. The summed E-state index contributed by atoms with van der Waals surface area (Å²) in [5.41, 5.74) is 2.59. The second-order valence-electron chi connectivity index (χ2n) is 4.86. The van der Waals surface area contributed by atoms with Crippen molar-refractivity contribution >= 4 is 35.0 Å². The first kappa shape index (κ1) is 16.1. The first-order valence-electron chi connectivity index (χ1n) is 6.90. The maximum Gasteiger partial charge on any atom is 0.234 e. The number of rotatable bonds is 5. The highest BCUT2D eigenvalue weighted by Gasteiger charge is 2.05. The summed E-state index contributed by atoms with van der Waals surface area (Å²) in [6, 6.07) is 15.0. The van der Waals surface area contributed by atoms with Crippen molar-refractivity contribution < 1.29 is 9.59 Å². The van der Waals surface area contributed by atoms with Crippen molar-refractivity contribution in [3.63, 3.8) is 0 Å². The second kappa shape index (κ2) is 7.66. The van der Waals surface area contributed by atoms with Gasteiger partial charge in [-0.1, -0.05) is 18.2 Å². The van der Waals surface area contributed by atoms with Crippen molar-refractivity contribution in [1.29, 1.82) is 0 Å². The molecular weight excluding hydrogens is 296 g/mol. The molecule has 2 N–H and O–H groups in total. The molecule has 0 unspecified atom stereocenters. The van der Waals surface area contributed by atoms with E-state index in [1.54, 1.807) is 24.3 Å². The highest BCUT2D eigenvalue weighted by atomic mass is 32.2. The lowest BCUT2D eigenvalue weighted by atomic mass is 10.2. The molecule has 0 saturated heterocycles. The lowest BCUT2D eigenvalue weighted by Crippen LogP contribution is -2.14. The minimum atomic E-state index is -0.119. The van der Waals surface area contributed by atoms with Crippen molar-refractivity contribution in [3.05, 3.63) is 54.1 Å². The predicted molar refractivity (Wildman–Crippen MR) is 91.3 cm³/mol. The van der Waals surface area contributed by atoms with E-state index in [0.29, 0.717) is 17.1 Å². The normalized spacial score (nSPS) is 10.1. The van der Waals surface area contributed by atoms with Gasteiger partial charge in [-0.2, -0.15) is 0 Å². The molecule has 114 valence electrons. The third-order valence-electron chi connectivity index (χ3n) is 2.94. The fourth-order valence-corrected chi connectivity index (χ4v) is 2.73. The van der Waals surface area contributed by atoms with Crippen LogP contribution in [0.5, 0.6) is 0 Å². The smallest absolute Gasteiger partial charge is 0.234 e. The van der Waals surface area contributed by atoms with Gasteiger partial charge >= 0.3 is 0 Å². The third-order valence-corrected chi connectivity index (χ3v) is 4.12. The van der Waals surface area contributed by atoms with Gasteiger partial charge in [0.05, 0.1) is 5.75 Å². The molecule has 0 aliphatic heterocycles. The molecule has 0 atom stereocenters. The molecule has 22 heavy (non-hydrogen) atoms. The lowest BCUT2D eigenvalue weighted by Gasteiger charge is -2.08. The van der Waals surface area contributed by atoms with Crippen LogP contribution < -0.4 is 10.6 Å². The van der Waals surface area contributed by atoms with Gasteiger partial charge in [0.2, 0.25) is 11.8 Å². The predicted octanol–water partition coefficient (Wildman–Crippen LogP) is 3.68. The lowest BCUT2D eigenvalue weighted by molar-refractivity contribution is -0.114. The van der Waals surface area contributed by atoms with Gasteiger partial charge in [-0.3, -0.25) is 9.59 Å². The molecule has 4 nitrogen and oxygen atoms in total. The Morgan fingerprint density at radius 2 is 1.55 bits per heavy atom. The Balaban J connectivity index is 1.87. The van der Waals surface area contributed by atoms with Gasteiger partial charge < -0.3 is 10.6 Å². The van der Waals surface area contributed by atoms with Gasteiger partial charge in [0.15, 0.2) is 0 Å². The average Bonchev–Trinajstić information content (AvgIpc) is 2.48. The van der Waals surface area contributed by atoms with Crippen LogP contribution in [0.25, 0.3) is 0 Å². The summed E-state index contributed by atoms with van der Waals surface area (Å²) >= 11 is 1.52. The molecular formula is C17H18N2O2S. The van der Waals surface area contributed by atoms with E-state index < -0.39 is 0 Å². The molecule has 0 heterocycles. The van der Waals surface area contributed by atoms with Crippen molar-refractivity contribution in [2.24, 2.45) is 0 Å². The quantitative estimate of drug-likeness (QED) is 0.828. The molecule has 0 aliphatic carbocycles. The molecule has 0 saturated carbocycles. The first-order valence-corrected chi connectivity index (χ1v) is 7.89. The van der Waals surface area contributed by atoms with Crippen molar-refractivity contribution in [2.45, 2.75) is 18.7 Å². The number of thioether (sulfide) groups is 1. The number of amides is 2. The first-order chi connectivity index (χ1) is 10.5. The van der Waals surface area contributed by atoms with Crippen molar-refractivity contribution in [3.8, 4) is 0 Å². The van der Waals surface area contributed by atoms with Gasteiger partial charge in [-0.15, -0.1) is 11.8 Å². The fourth-order valence-electron chi connectivity index (χ4n) is 1.90. The maximum atomic E-state index is 12.0. The monoisotopic (exact) mass is 314 g/mol. The van der Waals surface area contributed by atoms with Gasteiger partial charge in [0.1, 0.15) is 0 Å². The Morgan fingerprint density at radius 1 is 0.955 bits per heavy atom. The van der Waals surface area contributed by atoms with Crippen LogP contribution >= 0.6 is 11.8 Å². The van der Waals surface area contributed by atoms with Gasteiger partial charge in [-0.05, 0) is 42.8 Å². The van der Waals surface area contributed by atoms with Gasteiger partial charge in [0.25, 0.3) is 0 Å². The minimum Gasteiger partial charge on any atom is -0.326 e. The van der Waals surface area contributed by atoms with E-state index in [1.807, 2.05) is 31.2 Å². The molecule has 0 bridgehead atoms. The summed E-state index contributed by atoms with van der Waals surface area (Å²) in [5.74, 6) is 0.185. The zero-order valence-electron chi connectivity index (χ0n) is 12.6. The van der Waals surface area contributed by atoms with Crippen molar-refractivity contribution in [1.82, 2.24) is 0 Å². The number of anilines is 2. The van der Waals surface area contributed by atoms with Crippen LogP contribution in [-0.2, 0) is 9.59 Å². The van der Waals surface area contributed by atoms with Crippen LogP contribution in [0.2, 0.25) is 0 Å². The molecule has 0 radical (unpaired) electrons. The SMILES string of the molecule is CC(=O)Nc1ccc(NC(=O)CSc2ccccc2C)cc1. The van der Waals surface area contributed by atoms with E-state index in [-0.39, 0.29) is 11.8 Å². The van der Waals surface area contributed by atoms with Crippen molar-refractivity contribution in [2.75, 3.05) is 16.4 Å². The maximum absolute atomic E-state index is 12.0. The number of carbonyl (C=O) groups is 2. The topological polar surface area (TPSA) is 58.2 Å². The number of hydrogen-bond donors (Lipinski definition) is 2. The summed E-state index contributed by atoms with van der Waals surface area (Å²) in [6.45, 7) is 3.49. The van der Waals surface area contributed by atoms with Crippen LogP contribution in [0.4, 0.5) is 11.4 Å². The Morgan fingerprint density at radius 3 is 2.14 bits per heavy atom. The highest BCUT2D eigenvalue weighted by molar-refractivity contribution is 8.00. The van der Waals surface area contributed by atoms with Gasteiger partial charge in [0, 0.05) is 23.2 Å². The molecule has 0 fully saturated rings. The number of aryl methyl sites for hydroxylation is 1. The van der Waals surface area contributed by atoms with Crippen LogP contribution in [0.1, 0.15) is 12.5 Å². The second-order valence-corrected chi connectivity index (χ2v) is 5.88. The van der Waals surface area contributed by atoms with Gasteiger partial charge in [-0.25, -0.2) is 0 Å². The fraction of sp³-hybridized carbons (Fsp3) is 0.176. The summed E-state index contributed by atoms with van der Waals surface area (Å²) in [5, 5.41) is 5.52. The number of carbonyl (C=O) groups excluding carboxylic acids is 2. The van der Waals surface area contributed by atoms with Crippen LogP contribution in [0, 0.1) is 6.92 Å². The van der Waals surface area contributed by atoms with E-state index in [9.17, 15) is 9.59 Å². The number of hydrogen-bond acceptors (Lipinski definition) is 3. The van der Waals surface area contributed by atoms with Crippen LogP contribution in [0.3, 0.4) is 0 Å². The summed E-state index contributed by atoms with van der Waals surface area (Å²) in [6.07, 6.45) is 0. The Bertz CT molecular complexity index is 669. The molecule has 2 aromatic carbocycles. The van der Waals surface area contributed by atoms with E-state index in [4.69, 9.17) is 0 Å². The molecule has 0 aromatic heterocycles. The zero-order chi connectivity index (χ0) is 15.9. The summed E-state index contributed by atoms with van der Waals surface area (Å²) in [4.78, 5) is 24.0. The summed E-state index contributed by atoms with van der Waals surface area (Å²) < 4.78 is 0. The molecule has 0 aliphatic rings.